The molecule has 10 rings (SSSR count). The summed E-state index contributed by atoms with van der Waals surface area (Å²) in [6.07, 6.45) is 0. The van der Waals surface area contributed by atoms with E-state index in [1.54, 1.807) is 0 Å². The Labute approximate surface area is 333 Å². The minimum Gasteiger partial charge on any atom is -0.228 e. The van der Waals surface area contributed by atoms with Crippen molar-refractivity contribution in [3.63, 3.8) is 0 Å². The van der Waals surface area contributed by atoms with Crippen LogP contribution in [0.25, 0.3) is 90.3 Å². The molecule has 0 spiro atoms. The molecule has 5 nitrogen and oxygen atoms in total. The quantitative estimate of drug-likeness (QED) is 0.152. The monoisotopic (exact) mass is 747 g/mol. The molecule has 2 aromatic heterocycles. The van der Waals surface area contributed by atoms with Crippen LogP contribution in [-0.4, -0.2) is 33.0 Å². The lowest BCUT2D eigenvalue weighted by atomic mass is 9.96. The SMILES string of the molecule is C[Si]1(C)c2ccccc2-c2nc(-c3ccccc3)nc(-c3cccc(-c4cccc(-c5cccc(-c6nc(-c7ccccc7)nc(-c7ccccc7)n6)c5)c4)c3)c21. The van der Waals surface area contributed by atoms with Crippen LogP contribution in [0.5, 0.6) is 0 Å². The number of aromatic nitrogens is 5. The van der Waals surface area contributed by atoms with Crippen LogP contribution in [0.2, 0.25) is 13.1 Å². The maximum atomic E-state index is 5.36. The Morgan fingerprint density at radius 3 is 1.18 bits per heavy atom. The molecule has 0 fully saturated rings. The van der Waals surface area contributed by atoms with Crippen LogP contribution in [-0.2, 0) is 0 Å². The highest BCUT2D eigenvalue weighted by Gasteiger charge is 2.41. The van der Waals surface area contributed by atoms with Gasteiger partial charge in [0.2, 0.25) is 0 Å². The minimum atomic E-state index is -2.10. The highest BCUT2D eigenvalue weighted by atomic mass is 28.3. The fourth-order valence-corrected chi connectivity index (χ4v) is 11.3. The predicted octanol–water partition coefficient (Wildman–Crippen LogP) is 11.1. The first kappa shape index (κ1) is 34.3. The van der Waals surface area contributed by atoms with E-state index in [-0.39, 0.29) is 0 Å². The molecule has 0 atom stereocenters. The second-order valence-corrected chi connectivity index (χ2v) is 19.2. The van der Waals surface area contributed by atoms with Crippen LogP contribution >= 0.6 is 0 Å². The van der Waals surface area contributed by atoms with Gasteiger partial charge < -0.3 is 0 Å². The summed E-state index contributed by atoms with van der Waals surface area (Å²) in [5.74, 6) is 2.68. The van der Waals surface area contributed by atoms with Gasteiger partial charge >= 0.3 is 0 Å². The zero-order valence-electron chi connectivity index (χ0n) is 31.6. The third kappa shape index (κ3) is 6.36. The Kier molecular flexibility index (Phi) is 8.54. The van der Waals surface area contributed by atoms with E-state index in [0.29, 0.717) is 17.5 Å². The van der Waals surface area contributed by atoms with Gasteiger partial charge in [-0.2, -0.15) is 0 Å². The molecule has 0 saturated carbocycles. The summed E-state index contributed by atoms with van der Waals surface area (Å²) in [5.41, 5.74) is 12.7. The molecule has 9 aromatic rings. The zero-order chi connectivity index (χ0) is 38.3. The van der Waals surface area contributed by atoms with Gasteiger partial charge in [0, 0.05) is 27.8 Å². The normalized spacial score (nSPS) is 12.5. The van der Waals surface area contributed by atoms with Crippen LogP contribution in [0, 0.1) is 0 Å². The molecule has 57 heavy (non-hydrogen) atoms. The van der Waals surface area contributed by atoms with Crippen LogP contribution in [0.3, 0.4) is 0 Å². The van der Waals surface area contributed by atoms with Crippen molar-refractivity contribution in [2.75, 3.05) is 0 Å². The maximum absolute atomic E-state index is 5.36. The average Bonchev–Trinajstić information content (AvgIpc) is 3.52. The molecule has 3 heterocycles. The van der Waals surface area contributed by atoms with Crippen molar-refractivity contribution in [3.05, 3.63) is 188 Å². The summed E-state index contributed by atoms with van der Waals surface area (Å²) < 4.78 is 0. The number of fused-ring (bicyclic) bond motifs is 3. The molecule has 1 aliphatic heterocycles. The second-order valence-electron chi connectivity index (χ2n) is 14.9. The Morgan fingerprint density at radius 1 is 0.298 bits per heavy atom. The lowest BCUT2D eigenvalue weighted by Gasteiger charge is -2.22. The molecule has 270 valence electrons. The van der Waals surface area contributed by atoms with E-state index >= 15 is 0 Å². The van der Waals surface area contributed by atoms with Gasteiger partial charge in [-0.25, -0.2) is 24.9 Å². The second kappa shape index (κ2) is 14.2. The molecule has 0 amide bonds. The lowest BCUT2D eigenvalue weighted by molar-refractivity contribution is 1.07. The molecular weight excluding hydrogens is 711 g/mol. The Hall–Kier alpha value is -7.15. The topological polar surface area (TPSA) is 64.5 Å². The van der Waals surface area contributed by atoms with Gasteiger partial charge in [-0.1, -0.05) is 183 Å². The summed E-state index contributed by atoms with van der Waals surface area (Å²) in [5, 5.41) is 2.71. The molecular formula is C51H37N5Si. The molecule has 0 unspecified atom stereocenters. The van der Waals surface area contributed by atoms with E-state index < -0.39 is 8.07 Å². The van der Waals surface area contributed by atoms with Crippen LogP contribution < -0.4 is 10.4 Å². The highest BCUT2D eigenvalue weighted by Crippen LogP contribution is 2.36. The molecule has 6 heteroatoms. The van der Waals surface area contributed by atoms with Crippen molar-refractivity contribution in [2.45, 2.75) is 13.1 Å². The fraction of sp³-hybridized carbons (Fsp3) is 0.0392. The van der Waals surface area contributed by atoms with Gasteiger partial charge in [-0.3, -0.25) is 0 Å². The van der Waals surface area contributed by atoms with Gasteiger partial charge in [-0.15, -0.1) is 0 Å². The van der Waals surface area contributed by atoms with Crippen LogP contribution in [0.1, 0.15) is 0 Å². The van der Waals surface area contributed by atoms with Gasteiger partial charge in [0.05, 0.1) is 11.4 Å². The molecule has 0 saturated heterocycles. The first-order valence-electron chi connectivity index (χ1n) is 19.3. The van der Waals surface area contributed by atoms with E-state index in [9.17, 15) is 0 Å². The Balaban J connectivity index is 1.05. The average molecular weight is 748 g/mol. The summed E-state index contributed by atoms with van der Waals surface area (Å²) in [6.45, 7) is 4.85. The summed E-state index contributed by atoms with van der Waals surface area (Å²) in [6, 6.07) is 65.4. The van der Waals surface area contributed by atoms with E-state index in [1.165, 1.54) is 15.9 Å². The number of hydrogen-bond donors (Lipinski definition) is 0. The first-order valence-corrected chi connectivity index (χ1v) is 22.3. The van der Waals surface area contributed by atoms with Crippen molar-refractivity contribution in [1.82, 2.24) is 24.9 Å². The molecule has 0 bridgehead atoms. The van der Waals surface area contributed by atoms with E-state index in [1.807, 2.05) is 66.7 Å². The summed E-state index contributed by atoms with van der Waals surface area (Å²) >= 11 is 0. The smallest absolute Gasteiger partial charge is 0.164 e. The highest BCUT2D eigenvalue weighted by molar-refractivity contribution is 7.04. The molecule has 1 aliphatic rings. The molecule has 7 aromatic carbocycles. The van der Waals surface area contributed by atoms with Crippen molar-refractivity contribution >= 4 is 18.4 Å². The van der Waals surface area contributed by atoms with Crippen molar-refractivity contribution in [3.8, 4) is 90.3 Å². The van der Waals surface area contributed by atoms with Gasteiger partial charge in [-0.05, 0) is 56.4 Å². The first-order chi connectivity index (χ1) is 28.0. The molecule has 0 N–H and O–H groups in total. The molecule has 0 radical (unpaired) electrons. The van der Waals surface area contributed by atoms with Crippen LogP contribution in [0.4, 0.5) is 0 Å². The zero-order valence-corrected chi connectivity index (χ0v) is 32.6. The number of hydrogen-bond acceptors (Lipinski definition) is 5. The third-order valence-electron chi connectivity index (χ3n) is 10.9. The van der Waals surface area contributed by atoms with E-state index in [4.69, 9.17) is 24.9 Å². The Morgan fingerprint density at radius 2 is 0.649 bits per heavy atom. The predicted molar refractivity (Wildman–Crippen MR) is 236 cm³/mol. The van der Waals surface area contributed by atoms with Crippen molar-refractivity contribution in [2.24, 2.45) is 0 Å². The van der Waals surface area contributed by atoms with E-state index in [0.717, 1.165) is 67.3 Å². The molecule has 0 aliphatic carbocycles. The fourth-order valence-electron chi connectivity index (χ4n) is 8.04. The van der Waals surface area contributed by atoms with Crippen molar-refractivity contribution in [1.29, 1.82) is 0 Å². The summed E-state index contributed by atoms with van der Waals surface area (Å²) in [7, 11) is -2.10. The standard InChI is InChI=1S/C51H37N5Si/c1-57(2)44-30-13-12-29-43(44)46-47(57)45(52-48(53-46)34-17-6-3-7-18-34)41-27-15-25-39(32-41)37-23-14-24-38(31-37)40-26-16-28-42(33-40)51-55-49(35-19-8-4-9-20-35)54-50(56-51)36-21-10-5-11-22-36/h3-33H,1-2H3. The van der Waals surface area contributed by atoms with Gasteiger partial charge in [0.15, 0.2) is 23.3 Å². The van der Waals surface area contributed by atoms with Crippen molar-refractivity contribution < 1.29 is 0 Å². The van der Waals surface area contributed by atoms with E-state index in [2.05, 4.69) is 134 Å². The third-order valence-corrected chi connectivity index (χ3v) is 14.4. The minimum absolute atomic E-state index is 0.634. The number of rotatable bonds is 7. The maximum Gasteiger partial charge on any atom is 0.164 e. The summed E-state index contributed by atoms with van der Waals surface area (Å²) in [4.78, 5) is 25.5. The lowest BCUT2D eigenvalue weighted by Crippen LogP contribution is -2.50. The van der Waals surface area contributed by atoms with Gasteiger partial charge in [0.1, 0.15) is 8.07 Å². The largest absolute Gasteiger partial charge is 0.228 e. The Bertz CT molecular complexity index is 2870. The number of nitrogens with zero attached hydrogens (tertiary/aromatic N) is 5. The van der Waals surface area contributed by atoms with Crippen LogP contribution in [0.15, 0.2) is 188 Å². The number of benzene rings is 7. The van der Waals surface area contributed by atoms with Gasteiger partial charge in [0.25, 0.3) is 0 Å².